The van der Waals surface area contributed by atoms with Crippen LogP contribution in [0.25, 0.3) is 0 Å². The first kappa shape index (κ1) is 42.8. The number of thiocarbonyl (C=S) groups is 1. The number of alkyl halides is 3. The number of rotatable bonds is 12. The first-order valence-corrected chi connectivity index (χ1v) is 20.4. The lowest BCUT2D eigenvalue weighted by molar-refractivity contribution is -0.137. The number of halogens is 5. The van der Waals surface area contributed by atoms with Crippen LogP contribution < -0.4 is 20.4 Å². The van der Waals surface area contributed by atoms with Crippen LogP contribution in [0.1, 0.15) is 100 Å². The second-order valence-electron chi connectivity index (χ2n) is 15.9. The van der Waals surface area contributed by atoms with Crippen molar-refractivity contribution in [1.29, 1.82) is 5.26 Å². The highest BCUT2D eigenvalue weighted by molar-refractivity contribution is 7.81. The van der Waals surface area contributed by atoms with Crippen LogP contribution in [-0.4, -0.2) is 61.7 Å². The third-order valence-electron chi connectivity index (χ3n) is 11.6. The van der Waals surface area contributed by atoms with E-state index >= 15 is 4.39 Å². The number of nitrogens with zero attached hydrogens (tertiary/aromatic N) is 7. The number of benzene rings is 4. The van der Waals surface area contributed by atoms with Crippen molar-refractivity contribution in [1.82, 2.24) is 14.8 Å². The molecule has 0 spiro atoms. The minimum absolute atomic E-state index is 0.0835. The van der Waals surface area contributed by atoms with Crippen molar-refractivity contribution in [2.45, 2.75) is 63.2 Å². The summed E-state index contributed by atoms with van der Waals surface area (Å²) in [6.07, 6.45) is -1.44. The SMILES string of the molecule is Cn1ncnc1[C@H]1C2=NCC(=O)c3cc(F)cc(c32)N[C@@H]1c1ccc(NCCCCCC(=O)c2ccc(N3C(=S)N(c4ccc(C#N)c(C(F)(F)F)c4)C(=O)C3(C)C)cc2F)cc1. The van der Waals surface area contributed by atoms with Crippen LogP contribution >= 0.6 is 12.2 Å². The molecule has 8 rings (SSSR count). The summed E-state index contributed by atoms with van der Waals surface area (Å²) < 4.78 is 73.1. The Labute approximate surface area is 363 Å². The van der Waals surface area contributed by atoms with Gasteiger partial charge in [0.25, 0.3) is 5.91 Å². The van der Waals surface area contributed by atoms with Gasteiger partial charge in [0.05, 0.1) is 46.1 Å². The lowest BCUT2D eigenvalue weighted by Crippen LogP contribution is -2.44. The summed E-state index contributed by atoms with van der Waals surface area (Å²) in [7, 11) is 1.78. The van der Waals surface area contributed by atoms with E-state index in [1.54, 1.807) is 11.7 Å². The van der Waals surface area contributed by atoms with Crippen LogP contribution in [0.4, 0.5) is 44.7 Å². The largest absolute Gasteiger partial charge is 0.417 e. The van der Waals surface area contributed by atoms with Gasteiger partial charge in [-0.15, -0.1) is 0 Å². The number of hydrogen-bond acceptors (Lipinski definition) is 10. The average Bonchev–Trinajstić information content (AvgIpc) is 3.74. The molecule has 2 atom stereocenters. The summed E-state index contributed by atoms with van der Waals surface area (Å²) in [5.74, 6) is -2.45. The van der Waals surface area contributed by atoms with Gasteiger partial charge in [-0.1, -0.05) is 18.6 Å². The number of aliphatic imine (C=N–C) groups is 1. The molecule has 1 fully saturated rings. The number of aryl methyl sites for hydroxylation is 1. The fourth-order valence-electron chi connectivity index (χ4n) is 8.43. The van der Waals surface area contributed by atoms with E-state index in [0.29, 0.717) is 60.2 Å². The number of nitrogens with one attached hydrogen (secondary N) is 2. The van der Waals surface area contributed by atoms with Crippen LogP contribution in [-0.2, 0) is 18.0 Å². The normalized spacial score (nSPS) is 17.9. The Hall–Kier alpha value is -6.87. The van der Waals surface area contributed by atoms with Crippen LogP contribution in [0.5, 0.6) is 0 Å². The quantitative estimate of drug-likeness (QED) is 0.0540. The van der Waals surface area contributed by atoms with E-state index in [1.165, 1.54) is 61.5 Å². The van der Waals surface area contributed by atoms with Gasteiger partial charge >= 0.3 is 6.18 Å². The maximum atomic E-state index is 15.5. The molecule has 322 valence electrons. The van der Waals surface area contributed by atoms with Gasteiger partial charge in [-0.3, -0.25) is 29.0 Å². The molecule has 18 heteroatoms. The van der Waals surface area contributed by atoms with E-state index in [0.717, 1.165) is 28.3 Å². The molecule has 5 aromatic rings. The van der Waals surface area contributed by atoms with E-state index in [1.807, 2.05) is 24.3 Å². The lowest BCUT2D eigenvalue weighted by atomic mass is 9.78. The molecule has 3 aliphatic rings. The number of hydrogen-bond donors (Lipinski definition) is 2. The van der Waals surface area contributed by atoms with Crippen molar-refractivity contribution in [2.75, 3.05) is 33.5 Å². The minimum atomic E-state index is -4.86. The fraction of sp³-hybridized carbons (Fsp3) is 0.289. The second-order valence-corrected chi connectivity index (χ2v) is 16.3. The van der Waals surface area contributed by atoms with Crippen LogP contribution in [0, 0.1) is 23.0 Å². The second kappa shape index (κ2) is 16.4. The molecule has 1 amide bonds. The summed E-state index contributed by atoms with van der Waals surface area (Å²) in [5.41, 5.74) is 0.276. The van der Waals surface area contributed by atoms with Crippen molar-refractivity contribution in [3.8, 4) is 6.07 Å². The first-order valence-electron chi connectivity index (χ1n) is 20.0. The van der Waals surface area contributed by atoms with Gasteiger partial charge < -0.3 is 15.5 Å². The Balaban J connectivity index is 0.866. The molecule has 1 saturated heterocycles. The van der Waals surface area contributed by atoms with Gasteiger partial charge in [-0.2, -0.15) is 23.5 Å². The highest BCUT2D eigenvalue weighted by Gasteiger charge is 2.51. The van der Waals surface area contributed by atoms with E-state index in [-0.39, 0.29) is 40.8 Å². The van der Waals surface area contributed by atoms with Crippen molar-refractivity contribution < 1.29 is 36.3 Å². The topological polar surface area (TPSA) is 149 Å². The molecule has 63 heavy (non-hydrogen) atoms. The maximum absolute atomic E-state index is 15.5. The molecule has 4 aromatic carbocycles. The molecular formula is C45H38F5N9O3S. The molecule has 0 bridgehead atoms. The molecule has 0 saturated carbocycles. The molecule has 0 radical (unpaired) electrons. The summed E-state index contributed by atoms with van der Waals surface area (Å²) in [6.45, 7) is 3.51. The fourth-order valence-corrected chi connectivity index (χ4v) is 8.95. The molecule has 12 nitrogen and oxygen atoms in total. The van der Waals surface area contributed by atoms with Gasteiger partial charge in [0, 0.05) is 48.2 Å². The number of nitriles is 1. The Morgan fingerprint density at radius 1 is 1.00 bits per heavy atom. The Kier molecular flexibility index (Phi) is 11.2. The van der Waals surface area contributed by atoms with Crippen molar-refractivity contribution >= 4 is 63.3 Å². The highest BCUT2D eigenvalue weighted by atomic mass is 32.1. The first-order chi connectivity index (χ1) is 30.0. The van der Waals surface area contributed by atoms with Gasteiger partial charge in [0.1, 0.15) is 35.9 Å². The number of anilines is 4. The number of amides is 1. The van der Waals surface area contributed by atoms with E-state index < -0.39 is 58.1 Å². The summed E-state index contributed by atoms with van der Waals surface area (Å²) in [4.78, 5) is 50.8. The third kappa shape index (κ3) is 7.81. The Morgan fingerprint density at radius 3 is 2.43 bits per heavy atom. The van der Waals surface area contributed by atoms with Gasteiger partial charge in [0.15, 0.2) is 16.7 Å². The number of carbonyl (C=O) groups is 3. The Bertz CT molecular complexity index is 2780. The third-order valence-corrected chi connectivity index (χ3v) is 11.9. The van der Waals surface area contributed by atoms with Crippen LogP contribution in [0.2, 0.25) is 0 Å². The molecule has 0 aliphatic carbocycles. The molecule has 4 heterocycles. The number of aromatic nitrogens is 3. The summed E-state index contributed by atoms with van der Waals surface area (Å²) >= 11 is 5.55. The van der Waals surface area contributed by atoms with Crippen molar-refractivity contribution in [2.24, 2.45) is 12.0 Å². The van der Waals surface area contributed by atoms with E-state index in [4.69, 9.17) is 12.2 Å². The standard InChI is InChI=1S/C45H38F5N9O3S/c1-44(2)42(62)58(28-13-10-25(21-51)32(19-28)45(48,49)50)43(63)59(44)29-14-15-30(33(47)20-29)35(60)7-5-4-6-16-52-27-11-8-24(9-12-27)39-38(41-54-23-55-57(41)3)40-37-31(36(61)22-53-40)17-26(46)18-34(37)56-39/h8-15,17-20,23,38-39,52,56H,4-7,16,22H2,1-3H3/t38-,39-/m1/s1. The zero-order valence-electron chi connectivity index (χ0n) is 34.1. The highest BCUT2D eigenvalue weighted by Crippen LogP contribution is 2.45. The molecule has 2 N–H and O–H groups in total. The molecule has 0 unspecified atom stereocenters. The number of unbranched alkanes of at least 4 members (excludes halogenated alkanes) is 2. The van der Waals surface area contributed by atoms with Crippen LogP contribution in [0.3, 0.4) is 0 Å². The lowest BCUT2D eigenvalue weighted by Gasteiger charge is -2.37. The average molecular weight is 880 g/mol. The van der Waals surface area contributed by atoms with Gasteiger partial charge in [-0.25, -0.2) is 13.8 Å². The predicted molar refractivity (Wildman–Crippen MR) is 229 cm³/mol. The van der Waals surface area contributed by atoms with E-state index in [9.17, 15) is 37.2 Å². The van der Waals surface area contributed by atoms with Crippen LogP contribution in [0.15, 0.2) is 84.1 Å². The summed E-state index contributed by atoms with van der Waals surface area (Å²) in [5, 5.41) is 20.1. The Morgan fingerprint density at radius 2 is 1.75 bits per heavy atom. The molecule has 1 aromatic heterocycles. The number of Topliss-reactive ketones (excluding diaryl/α,β-unsaturated/α-hetero) is 2. The smallest absolute Gasteiger partial charge is 0.385 e. The monoisotopic (exact) mass is 879 g/mol. The van der Waals surface area contributed by atoms with Gasteiger partial charge in [0.2, 0.25) is 0 Å². The summed E-state index contributed by atoms with van der Waals surface area (Å²) in [6, 6.07) is 18.2. The number of carbonyl (C=O) groups excluding carboxylic acids is 3. The predicted octanol–water partition coefficient (Wildman–Crippen LogP) is 8.69. The zero-order valence-corrected chi connectivity index (χ0v) is 34.9. The van der Waals surface area contributed by atoms with Crippen molar-refractivity contribution in [3.63, 3.8) is 0 Å². The molecule has 3 aliphatic heterocycles. The minimum Gasteiger partial charge on any atom is -0.385 e. The zero-order chi connectivity index (χ0) is 45.0. The molecular weight excluding hydrogens is 842 g/mol. The maximum Gasteiger partial charge on any atom is 0.417 e. The van der Waals surface area contributed by atoms with Gasteiger partial charge in [-0.05, 0) is 105 Å². The van der Waals surface area contributed by atoms with E-state index in [2.05, 4.69) is 25.7 Å². The van der Waals surface area contributed by atoms with Crippen molar-refractivity contribution in [3.05, 3.63) is 130 Å². The number of ketones is 2.